The monoisotopic (exact) mass is 349 g/mol. The highest BCUT2D eigenvalue weighted by atomic mass is 79.9. The Morgan fingerprint density at radius 3 is 2.62 bits per heavy atom. The Balaban J connectivity index is 2.19. The molecule has 21 heavy (non-hydrogen) atoms. The molecule has 0 saturated heterocycles. The van der Waals surface area contributed by atoms with Gasteiger partial charge in [0.05, 0.1) is 0 Å². The molecule has 0 aliphatic carbocycles. The van der Waals surface area contributed by atoms with Crippen LogP contribution in [0, 0.1) is 0 Å². The van der Waals surface area contributed by atoms with Crippen molar-refractivity contribution in [3.8, 4) is 0 Å². The van der Waals surface area contributed by atoms with Crippen molar-refractivity contribution >= 4 is 21.8 Å². The highest BCUT2D eigenvalue weighted by molar-refractivity contribution is 9.10. The van der Waals surface area contributed by atoms with Crippen molar-refractivity contribution in [2.24, 2.45) is 12.8 Å². The molecular weight excluding hydrogens is 330 g/mol. The summed E-state index contributed by atoms with van der Waals surface area (Å²) in [7, 11) is 1.88. The lowest BCUT2D eigenvalue weighted by atomic mass is 10.2. The Bertz CT molecular complexity index is 595. The van der Waals surface area contributed by atoms with E-state index in [-0.39, 0.29) is 5.91 Å². The lowest BCUT2D eigenvalue weighted by molar-refractivity contribution is 0.0732. The van der Waals surface area contributed by atoms with Crippen LogP contribution in [0.5, 0.6) is 0 Å². The molecule has 2 aromatic rings. The molecule has 1 aromatic carbocycles. The third kappa shape index (κ3) is 4.19. The first-order chi connectivity index (χ1) is 10.1. The van der Waals surface area contributed by atoms with Crippen molar-refractivity contribution in [3.63, 3.8) is 0 Å². The zero-order valence-corrected chi connectivity index (χ0v) is 13.7. The minimum Gasteiger partial charge on any atom is -0.345 e. The van der Waals surface area contributed by atoms with Gasteiger partial charge in [-0.25, -0.2) is 0 Å². The van der Waals surface area contributed by atoms with Crippen LogP contribution >= 0.6 is 15.9 Å². The number of hydrogen-bond acceptors (Lipinski definition) is 2. The molecule has 0 fully saturated rings. The smallest absolute Gasteiger partial charge is 0.270 e. The van der Waals surface area contributed by atoms with Crippen LogP contribution in [0.2, 0.25) is 0 Å². The maximum atomic E-state index is 12.7. The Labute approximate surface area is 133 Å². The van der Waals surface area contributed by atoms with Crippen LogP contribution in [0.1, 0.15) is 22.5 Å². The lowest BCUT2D eigenvalue weighted by Gasteiger charge is -2.23. The number of hydrogen-bond donors (Lipinski definition) is 1. The number of aryl methyl sites for hydroxylation is 1. The predicted octanol–water partition coefficient (Wildman–Crippen LogP) is 2.78. The summed E-state index contributed by atoms with van der Waals surface area (Å²) in [5.74, 6) is 0.0282. The van der Waals surface area contributed by atoms with Crippen molar-refractivity contribution < 1.29 is 4.79 Å². The van der Waals surface area contributed by atoms with E-state index in [4.69, 9.17) is 5.73 Å². The quantitative estimate of drug-likeness (QED) is 0.871. The van der Waals surface area contributed by atoms with E-state index in [1.807, 2.05) is 59.1 Å². The number of benzene rings is 1. The van der Waals surface area contributed by atoms with Crippen LogP contribution in [-0.4, -0.2) is 28.5 Å². The van der Waals surface area contributed by atoms with Crippen LogP contribution in [0.15, 0.2) is 47.1 Å². The Morgan fingerprint density at radius 2 is 2.05 bits per heavy atom. The summed E-state index contributed by atoms with van der Waals surface area (Å²) in [5.41, 5.74) is 7.39. The van der Waals surface area contributed by atoms with E-state index in [9.17, 15) is 4.79 Å². The van der Waals surface area contributed by atoms with Crippen LogP contribution in [0.3, 0.4) is 0 Å². The van der Waals surface area contributed by atoms with E-state index >= 15 is 0 Å². The van der Waals surface area contributed by atoms with Gasteiger partial charge in [0.1, 0.15) is 5.69 Å². The Morgan fingerprint density at radius 1 is 1.33 bits per heavy atom. The molecule has 0 bridgehead atoms. The molecular formula is C16H20BrN3O. The molecule has 0 aliphatic heterocycles. The fourth-order valence-corrected chi connectivity index (χ4v) is 2.76. The van der Waals surface area contributed by atoms with Crippen molar-refractivity contribution in [1.82, 2.24) is 9.47 Å². The minimum absolute atomic E-state index is 0.0282. The first-order valence-electron chi connectivity index (χ1n) is 6.97. The molecule has 0 spiro atoms. The predicted molar refractivity (Wildman–Crippen MR) is 88.0 cm³/mol. The zero-order valence-electron chi connectivity index (χ0n) is 12.1. The molecule has 1 heterocycles. The average Bonchev–Trinajstić information content (AvgIpc) is 2.82. The van der Waals surface area contributed by atoms with Gasteiger partial charge in [0.2, 0.25) is 0 Å². The van der Waals surface area contributed by atoms with Gasteiger partial charge < -0.3 is 15.2 Å². The van der Waals surface area contributed by atoms with Gasteiger partial charge in [-0.1, -0.05) is 30.3 Å². The van der Waals surface area contributed by atoms with Crippen molar-refractivity contribution in [2.45, 2.75) is 13.0 Å². The first kappa shape index (κ1) is 15.8. The second-order valence-electron chi connectivity index (χ2n) is 5.01. The fourth-order valence-electron chi connectivity index (χ4n) is 2.24. The number of carbonyl (C=O) groups excluding carboxylic acids is 1. The topological polar surface area (TPSA) is 51.3 Å². The molecule has 1 amide bonds. The molecule has 5 heteroatoms. The van der Waals surface area contributed by atoms with Crippen molar-refractivity contribution in [1.29, 1.82) is 0 Å². The molecule has 4 nitrogen and oxygen atoms in total. The Hall–Kier alpha value is -1.59. The normalized spacial score (nSPS) is 10.6. The fraction of sp³-hybridized carbons (Fsp3) is 0.312. The standard InChI is InChI=1S/C16H20BrN3O/c1-19-12-14(17)10-15(19)16(21)20(9-5-8-18)11-13-6-3-2-4-7-13/h2-4,6-7,10,12H,5,8-9,11,18H2,1H3. The maximum Gasteiger partial charge on any atom is 0.270 e. The highest BCUT2D eigenvalue weighted by Crippen LogP contribution is 2.17. The van der Waals surface area contributed by atoms with Crippen LogP contribution in [-0.2, 0) is 13.6 Å². The number of rotatable bonds is 6. The lowest BCUT2D eigenvalue weighted by Crippen LogP contribution is -2.33. The van der Waals surface area contributed by atoms with Crippen LogP contribution in [0.4, 0.5) is 0 Å². The highest BCUT2D eigenvalue weighted by Gasteiger charge is 2.19. The van der Waals surface area contributed by atoms with Crippen molar-refractivity contribution in [2.75, 3.05) is 13.1 Å². The largest absolute Gasteiger partial charge is 0.345 e. The van der Waals surface area contributed by atoms with Gasteiger partial charge in [-0.05, 0) is 40.5 Å². The molecule has 2 N–H and O–H groups in total. The van der Waals surface area contributed by atoms with E-state index in [1.165, 1.54) is 0 Å². The number of nitrogens with two attached hydrogens (primary N) is 1. The second kappa shape index (κ2) is 7.43. The first-order valence-corrected chi connectivity index (χ1v) is 7.76. The van der Waals surface area contributed by atoms with Gasteiger partial charge in [0.15, 0.2) is 0 Å². The van der Waals surface area contributed by atoms with Crippen LogP contribution in [0.25, 0.3) is 0 Å². The van der Waals surface area contributed by atoms with Gasteiger partial charge in [0, 0.05) is 30.8 Å². The zero-order chi connectivity index (χ0) is 15.2. The molecule has 0 atom stereocenters. The number of carbonyl (C=O) groups is 1. The number of aromatic nitrogens is 1. The van der Waals surface area contributed by atoms with E-state index in [2.05, 4.69) is 15.9 Å². The maximum absolute atomic E-state index is 12.7. The third-order valence-corrected chi connectivity index (χ3v) is 3.76. The molecule has 0 saturated carbocycles. The SMILES string of the molecule is Cn1cc(Br)cc1C(=O)N(CCCN)Cc1ccccc1. The molecule has 0 unspecified atom stereocenters. The van der Waals surface area contributed by atoms with E-state index < -0.39 is 0 Å². The average molecular weight is 350 g/mol. The molecule has 0 radical (unpaired) electrons. The summed E-state index contributed by atoms with van der Waals surface area (Å²) in [6, 6.07) is 11.9. The van der Waals surface area contributed by atoms with Gasteiger partial charge >= 0.3 is 0 Å². The third-order valence-electron chi connectivity index (χ3n) is 3.33. The Kier molecular flexibility index (Phi) is 5.59. The number of nitrogens with zero attached hydrogens (tertiary/aromatic N) is 2. The van der Waals surface area contributed by atoms with Gasteiger partial charge in [-0.3, -0.25) is 4.79 Å². The van der Waals surface area contributed by atoms with E-state index in [0.29, 0.717) is 25.3 Å². The number of halogens is 1. The second-order valence-corrected chi connectivity index (χ2v) is 5.92. The summed E-state index contributed by atoms with van der Waals surface area (Å²) in [6.45, 7) is 1.84. The van der Waals surface area contributed by atoms with E-state index in [0.717, 1.165) is 16.5 Å². The van der Waals surface area contributed by atoms with Crippen LogP contribution < -0.4 is 5.73 Å². The molecule has 2 rings (SSSR count). The van der Waals surface area contributed by atoms with Gasteiger partial charge in [-0.2, -0.15) is 0 Å². The number of amides is 1. The van der Waals surface area contributed by atoms with Gasteiger partial charge in [0.25, 0.3) is 5.91 Å². The minimum atomic E-state index is 0.0282. The van der Waals surface area contributed by atoms with E-state index in [1.54, 1.807) is 0 Å². The van der Waals surface area contributed by atoms with Crippen molar-refractivity contribution in [3.05, 3.63) is 58.3 Å². The molecule has 112 valence electrons. The molecule has 1 aromatic heterocycles. The summed E-state index contributed by atoms with van der Waals surface area (Å²) in [4.78, 5) is 14.6. The summed E-state index contributed by atoms with van der Waals surface area (Å²) in [5, 5.41) is 0. The summed E-state index contributed by atoms with van der Waals surface area (Å²) < 4.78 is 2.75. The molecule has 0 aliphatic rings. The summed E-state index contributed by atoms with van der Waals surface area (Å²) in [6.07, 6.45) is 2.68. The van der Waals surface area contributed by atoms with Gasteiger partial charge in [-0.15, -0.1) is 0 Å². The summed E-state index contributed by atoms with van der Waals surface area (Å²) >= 11 is 3.41.